The summed E-state index contributed by atoms with van der Waals surface area (Å²) in [7, 11) is 0. The Morgan fingerprint density at radius 3 is 2.73 bits per heavy atom. The molecule has 0 saturated heterocycles. The van der Waals surface area contributed by atoms with Crippen LogP contribution >= 0.6 is 0 Å². The fraction of sp³-hybridized carbons (Fsp3) is 0. The van der Waals surface area contributed by atoms with Gasteiger partial charge in [-0.25, -0.2) is 0 Å². The Balaban J connectivity index is 3.00. The maximum absolute atomic E-state index is 8.23. The van der Waals surface area contributed by atoms with Crippen molar-refractivity contribution in [2.75, 3.05) is 0 Å². The molecular formula is C9H9NO. The molecule has 0 aromatic heterocycles. The van der Waals surface area contributed by atoms with Gasteiger partial charge in [-0.05, 0) is 17.2 Å². The monoisotopic (exact) mass is 147 g/mol. The summed E-state index contributed by atoms with van der Waals surface area (Å²) in [6, 6.07) is 7.55. The molecule has 0 aliphatic rings. The van der Waals surface area contributed by atoms with Crippen molar-refractivity contribution in [2.45, 2.75) is 0 Å². The van der Waals surface area contributed by atoms with E-state index in [-0.39, 0.29) is 0 Å². The van der Waals surface area contributed by atoms with Gasteiger partial charge in [0.25, 0.3) is 0 Å². The molecule has 0 unspecified atom stereocenters. The van der Waals surface area contributed by atoms with E-state index in [4.69, 9.17) is 5.21 Å². The number of rotatable bonds is 2. The van der Waals surface area contributed by atoms with E-state index in [1.807, 2.05) is 24.3 Å². The lowest BCUT2D eigenvalue weighted by molar-refractivity contribution is 0.322. The van der Waals surface area contributed by atoms with Crippen LogP contribution in [0.3, 0.4) is 0 Å². The predicted octanol–water partition coefficient (Wildman–Crippen LogP) is 2.14. The van der Waals surface area contributed by atoms with Crippen LogP contribution in [-0.2, 0) is 0 Å². The Morgan fingerprint density at radius 1 is 1.36 bits per heavy atom. The van der Waals surface area contributed by atoms with E-state index in [1.54, 1.807) is 6.08 Å². The van der Waals surface area contributed by atoms with Gasteiger partial charge in [0.2, 0.25) is 0 Å². The van der Waals surface area contributed by atoms with Crippen LogP contribution in [0.25, 0.3) is 6.08 Å². The third-order valence-electron chi connectivity index (χ3n) is 1.35. The summed E-state index contributed by atoms with van der Waals surface area (Å²) in [5, 5.41) is 11.1. The zero-order chi connectivity index (χ0) is 8.10. The molecule has 1 aromatic rings. The summed E-state index contributed by atoms with van der Waals surface area (Å²) in [5.41, 5.74) is 1.88. The van der Waals surface area contributed by atoms with Gasteiger partial charge >= 0.3 is 0 Å². The van der Waals surface area contributed by atoms with Crippen molar-refractivity contribution < 1.29 is 5.21 Å². The normalized spacial score (nSPS) is 10.2. The van der Waals surface area contributed by atoms with Crippen molar-refractivity contribution in [3.63, 3.8) is 0 Å². The molecule has 1 N–H and O–H groups in total. The molecule has 0 amide bonds. The first-order valence-corrected chi connectivity index (χ1v) is 3.27. The molecule has 0 spiro atoms. The number of hydrogen-bond donors (Lipinski definition) is 1. The Hall–Kier alpha value is -1.57. The van der Waals surface area contributed by atoms with Crippen molar-refractivity contribution in [1.82, 2.24) is 0 Å². The number of hydrogen-bond acceptors (Lipinski definition) is 2. The van der Waals surface area contributed by atoms with Gasteiger partial charge in [-0.3, -0.25) is 0 Å². The molecule has 2 heteroatoms. The summed E-state index contributed by atoms with van der Waals surface area (Å²) in [6.07, 6.45) is 3.13. The van der Waals surface area contributed by atoms with Gasteiger partial charge in [0.1, 0.15) is 0 Å². The van der Waals surface area contributed by atoms with Crippen LogP contribution in [0.4, 0.5) is 0 Å². The Bertz CT molecular complexity index is 279. The average Bonchev–Trinajstić information content (AvgIpc) is 2.06. The van der Waals surface area contributed by atoms with Gasteiger partial charge in [0.15, 0.2) is 0 Å². The fourth-order valence-corrected chi connectivity index (χ4v) is 0.833. The maximum atomic E-state index is 8.23. The smallest absolute Gasteiger partial charge is 0.0734 e. The van der Waals surface area contributed by atoms with Crippen LogP contribution in [0, 0.1) is 0 Å². The lowest BCUT2D eigenvalue weighted by Crippen LogP contribution is -1.80. The zero-order valence-corrected chi connectivity index (χ0v) is 6.07. The van der Waals surface area contributed by atoms with Crippen LogP contribution < -0.4 is 0 Å². The molecule has 0 saturated carbocycles. The second-order valence-electron chi connectivity index (χ2n) is 2.12. The third kappa shape index (κ3) is 1.93. The van der Waals surface area contributed by atoms with Gasteiger partial charge in [-0.15, -0.1) is 0 Å². The minimum atomic E-state index is 0.866. The molecule has 2 nitrogen and oxygen atoms in total. The highest BCUT2D eigenvalue weighted by atomic mass is 16.4. The second-order valence-corrected chi connectivity index (χ2v) is 2.12. The van der Waals surface area contributed by atoms with Crippen LogP contribution in [0.15, 0.2) is 36.0 Å². The molecule has 1 rings (SSSR count). The molecule has 0 atom stereocenters. The molecular weight excluding hydrogens is 138 g/mol. The van der Waals surface area contributed by atoms with Crippen LogP contribution in [0.5, 0.6) is 0 Å². The Labute approximate surface area is 65.5 Å². The standard InChI is InChI=1S/C9H9NO/c1-2-8-4-3-5-9(6-8)7-10-11/h2-7,11H,1H2/b10-7-. The summed E-state index contributed by atoms with van der Waals surface area (Å²) >= 11 is 0. The fourth-order valence-electron chi connectivity index (χ4n) is 0.833. The highest BCUT2D eigenvalue weighted by Gasteiger charge is 1.87. The average molecular weight is 147 g/mol. The first kappa shape index (κ1) is 7.54. The van der Waals surface area contributed by atoms with E-state index in [0.29, 0.717) is 0 Å². The minimum Gasteiger partial charge on any atom is -0.411 e. The van der Waals surface area contributed by atoms with Crippen LogP contribution in [0.2, 0.25) is 0 Å². The van der Waals surface area contributed by atoms with Crippen molar-refractivity contribution in [3.8, 4) is 0 Å². The maximum Gasteiger partial charge on any atom is 0.0734 e. The Kier molecular flexibility index (Phi) is 2.44. The topological polar surface area (TPSA) is 32.6 Å². The van der Waals surface area contributed by atoms with Crippen molar-refractivity contribution in [3.05, 3.63) is 42.0 Å². The number of oxime groups is 1. The second kappa shape index (κ2) is 3.56. The van der Waals surface area contributed by atoms with Gasteiger partial charge < -0.3 is 5.21 Å². The number of benzene rings is 1. The molecule has 0 aliphatic carbocycles. The molecule has 0 heterocycles. The summed E-state index contributed by atoms with van der Waals surface area (Å²) in [4.78, 5) is 0. The van der Waals surface area contributed by atoms with E-state index >= 15 is 0 Å². The first-order chi connectivity index (χ1) is 5.36. The quantitative estimate of drug-likeness (QED) is 0.388. The first-order valence-electron chi connectivity index (χ1n) is 3.27. The van der Waals surface area contributed by atoms with E-state index < -0.39 is 0 Å². The van der Waals surface area contributed by atoms with Gasteiger partial charge in [0, 0.05) is 0 Å². The van der Waals surface area contributed by atoms with E-state index in [1.165, 1.54) is 6.21 Å². The highest BCUT2D eigenvalue weighted by Crippen LogP contribution is 2.03. The molecule has 0 fully saturated rings. The minimum absolute atomic E-state index is 0.866. The molecule has 0 radical (unpaired) electrons. The largest absolute Gasteiger partial charge is 0.411 e. The predicted molar refractivity (Wildman–Crippen MR) is 45.9 cm³/mol. The lowest BCUT2D eigenvalue weighted by atomic mass is 10.1. The van der Waals surface area contributed by atoms with Gasteiger partial charge in [-0.1, -0.05) is 36.0 Å². The lowest BCUT2D eigenvalue weighted by Gasteiger charge is -1.93. The SMILES string of the molecule is C=Cc1cccc(/C=N\O)c1. The molecule has 1 aromatic carbocycles. The number of nitrogens with zero attached hydrogens (tertiary/aromatic N) is 1. The van der Waals surface area contributed by atoms with Crippen LogP contribution in [-0.4, -0.2) is 11.4 Å². The van der Waals surface area contributed by atoms with E-state index in [2.05, 4.69) is 11.7 Å². The van der Waals surface area contributed by atoms with E-state index in [0.717, 1.165) is 11.1 Å². The summed E-state index contributed by atoms with van der Waals surface area (Å²) < 4.78 is 0. The summed E-state index contributed by atoms with van der Waals surface area (Å²) in [5.74, 6) is 0. The molecule has 11 heavy (non-hydrogen) atoms. The zero-order valence-electron chi connectivity index (χ0n) is 6.07. The summed E-state index contributed by atoms with van der Waals surface area (Å²) in [6.45, 7) is 3.63. The molecule has 56 valence electrons. The van der Waals surface area contributed by atoms with Gasteiger partial charge in [0.05, 0.1) is 6.21 Å². The third-order valence-corrected chi connectivity index (χ3v) is 1.35. The Morgan fingerprint density at radius 2 is 2.09 bits per heavy atom. The molecule has 0 bridgehead atoms. The van der Waals surface area contributed by atoms with Crippen molar-refractivity contribution >= 4 is 12.3 Å². The van der Waals surface area contributed by atoms with Crippen molar-refractivity contribution in [1.29, 1.82) is 0 Å². The van der Waals surface area contributed by atoms with Crippen molar-refractivity contribution in [2.24, 2.45) is 5.16 Å². The highest BCUT2D eigenvalue weighted by molar-refractivity contribution is 5.80. The molecule has 0 aliphatic heterocycles. The van der Waals surface area contributed by atoms with Gasteiger partial charge in [-0.2, -0.15) is 0 Å². The van der Waals surface area contributed by atoms with E-state index in [9.17, 15) is 0 Å². The van der Waals surface area contributed by atoms with Crippen LogP contribution in [0.1, 0.15) is 11.1 Å².